The number of amides is 1. The van der Waals surface area contributed by atoms with Crippen molar-refractivity contribution in [1.29, 1.82) is 0 Å². The maximum Gasteiger partial charge on any atom is 0.433 e. The number of anilines is 1. The van der Waals surface area contributed by atoms with Gasteiger partial charge in [-0.3, -0.25) is 9.69 Å². The first-order valence-corrected chi connectivity index (χ1v) is 7.10. The number of carbonyl (C=O) groups excluding carboxylic acids is 1. The van der Waals surface area contributed by atoms with Gasteiger partial charge in [-0.15, -0.1) is 10.2 Å². The van der Waals surface area contributed by atoms with Crippen molar-refractivity contribution in [2.24, 2.45) is 5.92 Å². The van der Waals surface area contributed by atoms with Gasteiger partial charge in [0.2, 0.25) is 11.0 Å². The second-order valence-corrected chi connectivity index (χ2v) is 5.79. The van der Waals surface area contributed by atoms with E-state index in [1.165, 1.54) is 20.8 Å². The van der Waals surface area contributed by atoms with Crippen LogP contribution in [0.4, 0.5) is 31.5 Å². The third-order valence-electron chi connectivity index (χ3n) is 2.85. The molecule has 0 aliphatic heterocycles. The number of aromatic nitrogens is 2. The molecular formula is C11H13F6N3O2S. The lowest BCUT2D eigenvalue weighted by Crippen LogP contribution is -2.53. The Morgan fingerprint density at radius 1 is 1.17 bits per heavy atom. The van der Waals surface area contributed by atoms with Crippen molar-refractivity contribution in [2.75, 3.05) is 11.4 Å². The number of carbonyl (C=O) groups is 1. The highest BCUT2D eigenvalue weighted by atomic mass is 32.1. The van der Waals surface area contributed by atoms with Gasteiger partial charge in [-0.25, -0.2) is 0 Å². The van der Waals surface area contributed by atoms with Crippen LogP contribution in [0, 0.1) is 5.92 Å². The SMILES string of the molecule is CCN(C(=O)C(C)C)c1nnc(C(O)(C(F)(F)F)C(F)(F)F)s1. The first kappa shape index (κ1) is 19.6. The van der Waals surface area contributed by atoms with Crippen LogP contribution in [0.2, 0.25) is 0 Å². The Labute approximate surface area is 130 Å². The van der Waals surface area contributed by atoms with E-state index in [1.807, 2.05) is 0 Å². The number of halogens is 6. The van der Waals surface area contributed by atoms with Crippen molar-refractivity contribution in [3.05, 3.63) is 5.01 Å². The third-order valence-corrected chi connectivity index (χ3v) is 3.91. The molecule has 0 unspecified atom stereocenters. The summed E-state index contributed by atoms with van der Waals surface area (Å²) in [6.07, 6.45) is -12.1. The van der Waals surface area contributed by atoms with Crippen LogP contribution in [-0.4, -0.2) is 40.1 Å². The van der Waals surface area contributed by atoms with Crippen molar-refractivity contribution in [1.82, 2.24) is 10.2 Å². The molecule has 0 atom stereocenters. The Morgan fingerprint density at radius 3 is 2.00 bits per heavy atom. The van der Waals surface area contributed by atoms with E-state index in [4.69, 9.17) is 0 Å². The summed E-state index contributed by atoms with van der Waals surface area (Å²) >= 11 is -0.135. The molecule has 1 aromatic rings. The van der Waals surface area contributed by atoms with Crippen LogP contribution in [0.15, 0.2) is 0 Å². The Balaban J connectivity index is 3.37. The maximum absolute atomic E-state index is 12.8. The van der Waals surface area contributed by atoms with Crippen molar-refractivity contribution < 1.29 is 36.2 Å². The molecule has 23 heavy (non-hydrogen) atoms. The molecule has 1 N–H and O–H groups in total. The minimum absolute atomic E-state index is 0.0257. The summed E-state index contributed by atoms with van der Waals surface area (Å²) in [5.74, 6) is -1.09. The molecule has 0 saturated heterocycles. The Bertz CT molecular complexity index is 555. The van der Waals surface area contributed by atoms with Gasteiger partial charge in [-0.1, -0.05) is 25.2 Å². The predicted molar refractivity (Wildman–Crippen MR) is 68.8 cm³/mol. The number of alkyl halides is 6. The molecule has 0 radical (unpaired) electrons. The largest absolute Gasteiger partial charge is 0.433 e. The minimum atomic E-state index is -6.04. The minimum Gasteiger partial charge on any atom is -0.368 e. The molecule has 0 aliphatic rings. The van der Waals surface area contributed by atoms with Gasteiger partial charge < -0.3 is 5.11 Å². The number of aliphatic hydroxyl groups is 1. The molecule has 5 nitrogen and oxygen atoms in total. The first-order valence-electron chi connectivity index (χ1n) is 6.28. The van der Waals surface area contributed by atoms with E-state index in [9.17, 15) is 36.2 Å². The molecule has 0 aromatic carbocycles. The quantitative estimate of drug-likeness (QED) is 0.834. The maximum atomic E-state index is 12.8. The zero-order valence-electron chi connectivity index (χ0n) is 12.2. The lowest BCUT2D eigenvalue weighted by atomic mass is 10.0. The normalized spacial score (nSPS) is 13.5. The van der Waals surface area contributed by atoms with E-state index < -0.39 is 39.9 Å². The standard InChI is InChI=1S/C11H13F6N3O2S/c1-4-20(6(21)5(2)3)8-19-18-7(23-8)9(22,10(12,13)14)11(15,16)17/h5,22H,4H2,1-3H3. The summed E-state index contributed by atoms with van der Waals surface area (Å²) < 4.78 is 76.5. The molecule has 1 rings (SSSR count). The highest BCUT2D eigenvalue weighted by molar-refractivity contribution is 7.15. The van der Waals surface area contributed by atoms with E-state index in [2.05, 4.69) is 10.2 Å². The van der Waals surface area contributed by atoms with Crippen molar-refractivity contribution in [3.63, 3.8) is 0 Å². The molecule has 1 amide bonds. The molecule has 0 saturated carbocycles. The fraction of sp³-hybridized carbons (Fsp3) is 0.727. The lowest BCUT2D eigenvalue weighted by molar-refractivity contribution is -0.376. The molecule has 0 fully saturated rings. The van der Waals surface area contributed by atoms with Gasteiger partial charge >= 0.3 is 18.0 Å². The Hall–Kier alpha value is -1.43. The van der Waals surface area contributed by atoms with E-state index >= 15 is 0 Å². The average molecular weight is 365 g/mol. The summed E-state index contributed by atoms with van der Waals surface area (Å²) in [5, 5.41) is 13.1. The third kappa shape index (κ3) is 3.42. The van der Waals surface area contributed by atoms with E-state index in [-0.39, 0.29) is 17.9 Å². The van der Waals surface area contributed by atoms with Gasteiger partial charge in [0.05, 0.1) is 0 Å². The van der Waals surface area contributed by atoms with Crippen LogP contribution >= 0.6 is 11.3 Å². The second-order valence-electron chi connectivity index (χ2n) is 4.83. The van der Waals surface area contributed by atoms with Crippen LogP contribution in [0.5, 0.6) is 0 Å². The zero-order chi connectivity index (χ0) is 18.2. The summed E-state index contributed by atoms with van der Waals surface area (Å²) in [6.45, 7) is 4.46. The van der Waals surface area contributed by atoms with E-state index in [0.717, 1.165) is 4.90 Å². The van der Waals surface area contributed by atoms with E-state index in [0.29, 0.717) is 0 Å². The molecule has 12 heteroatoms. The van der Waals surface area contributed by atoms with Gasteiger partial charge in [0, 0.05) is 12.5 Å². The summed E-state index contributed by atoms with van der Waals surface area (Å²) in [5.41, 5.74) is -5.14. The number of hydrogen-bond acceptors (Lipinski definition) is 5. The van der Waals surface area contributed by atoms with Crippen molar-refractivity contribution in [2.45, 2.75) is 38.7 Å². The Morgan fingerprint density at radius 2 is 1.65 bits per heavy atom. The lowest BCUT2D eigenvalue weighted by Gasteiger charge is -2.29. The summed E-state index contributed by atoms with van der Waals surface area (Å²) in [6, 6.07) is 0. The van der Waals surface area contributed by atoms with Crippen LogP contribution in [0.25, 0.3) is 0 Å². The van der Waals surface area contributed by atoms with Crippen molar-refractivity contribution in [3.8, 4) is 0 Å². The highest BCUT2D eigenvalue weighted by Crippen LogP contribution is 2.51. The van der Waals surface area contributed by atoms with Crippen LogP contribution in [0.3, 0.4) is 0 Å². The number of rotatable bonds is 4. The zero-order valence-corrected chi connectivity index (χ0v) is 13.0. The molecule has 0 aliphatic carbocycles. The smallest absolute Gasteiger partial charge is 0.368 e. The van der Waals surface area contributed by atoms with Gasteiger partial charge in [0.15, 0.2) is 5.01 Å². The molecule has 0 bridgehead atoms. The molecule has 1 heterocycles. The second kappa shape index (κ2) is 6.23. The first-order chi connectivity index (χ1) is 10.3. The molecule has 0 spiro atoms. The number of nitrogens with zero attached hydrogens (tertiary/aromatic N) is 3. The fourth-order valence-electron chi connectivity index (χ4n) is 1.57. The van der Waals surface area contributed by atoms with E-state index in [1.54, 1.807) is 0 Å². The number of hydrogen-bond donors (Lipinski definition) is 1. The Kier molecular flexibility index (Phi) is 5.31. The highest BCUT2D eigenvalue weighted by Gasteiger charge is 2.73. The summed E-state index contributed by atoms with van der Waals surface area (Å²) in [7, 11) is 0. The fourth-order valence-corrected chi connectivity index (χ4v) is 2.62. The van der Waals surface area contributed by atoms with Crippen molar-refractivity contribution >= 4 is 22.4 Å². The van der Waals surface area contributed by atoms with Gasteiger partial charge in [-0.05, 0) is 6.92 Å². The van der Waals surface area contributed by atoms with Gasteiger partial charge in [0.1, 0.15) is 0 Å². The topological polar surface area (TPSA) is 66.3 Å². The van der Waals surface area contributed by atoms with Gasteiger partial charge in [-0.2, -0.15) is 26.3 Å². The van der Waals surface area contributed by atoms with Crippen LogP contribution in [0.1, 0.15) is 25.8 Å². The molecular weight excluding hydrogens is 352 g/mol. The average Bonchev–Trinajstić information content (AvgIpc) is 2.85. The van der Waals surface area contributed by atoms with Crippen LogP contribution in [-0.2, 0) is 10.4 Å². The van der Waals surface area contributed by atoms with Crippen LogP contribution < -0.4 is 4.90 Å². The summed E-state index contributed by atoms with van der Waals surface area (Å²) in [4.78, 5) is 12.8. The molecule has 1 aromatic heterocycles. The van der Waals surface area contributed by atoms with Gasteiger partial charge in [0.25, 0.3) is 0 Å². The molecule has 132 valence electrons. The predicted octanol–water partition coefficient (Wildman–Crippen LogP) is 2.86. The monoisotopic (exact) mass is 365 g/mol.